The van der Waals surface area contributed by atoms with Crippen LogP contribution in [-0.4, -0.2) is 58.6 Å². The smallest absolute Gasteiger partial charge is 0.304 e. The summed E-state index contributed by atoms with van der Waals surface area (Å²) in [7, 11) is 0. The summed E-state index contributed by atoms with van der Waals surface area (Å²) in [5.74, 6) is -0.714. The van der Waals surface area contributed by atoms with Crippen LogP contribution < -0.4 is 0 Å². The van der Waals surface area contributed by atoms with Crippen LogP contribution in [0.2, 0.25) is 0 Å². The lowest BCUT2D eigenvalue weighted by Gasteiger charge is -2.37. The number of hydrogen-bond acceptors (Lipinski definition) is 5. The number of carbonyl (C=O) groups is 1. The van der Waals surface area contributed by atoms with Gasteiger partial charge in [0.1, 0.15) is 0 Å². The summed E-state index contributed by atoms with van der Waals surface area (Å²) in [6.07, 6.45) is 0.236. The number of carboxylic acids is 1. The Morgan fingerprint density at radius 1 is 1.35 bits per heavy atom. The zero-order valence-electron chi connectivity index (χ0n) is 12.4. The molecule has 0 aliphatic carbocycles. The van der Waals surface area contributed by atoms with E-state index in [2.05, 4.69) is 35.6 Å². The monoisotopic (exact) mass is 297 g/mol. The number of aliphatic carboxylic acids is 1. The highest BCUT2D eigenvalue weighted by Crippen LogP contribution is 2.27. The zero-order valence-corrected chi connectivity index (χ0v) is 13.2. The number of hydrogen-bond donors (Lipinski definition) is 1. The molecule has 20 heavy (non-hydrogen) atoms. The minimum Gasteiger partial charge on any atom is -0.481 e. The Bertz CT molecular complexity index is 467. The summed E-state index contributed by atoms with van der Waals surface area (Å²) in [6, 6.07) is 0.349. The van der Waals surface area contributed by atoms with Gasteiger partial charge in [0.15, 0.2) is 0 Å². The van der Waals surface area contributed by atoms with Gasteiger partial charge < -0.3 is 10.0 Å². The van der Waals surface area contributed by atoms with Crippen LogP contribution in [0, 0.1) is 13.8 Å². The van der Waals surface area contributed by atoms with Gasteiger partial charge in [0.05, 0.1) is 23.2 Å². The molecule has 0 saturated carbocycles. The maximum absolute atomic E-state index is 10.6. The van der Waals surface area contributed by atoms with E-state index in [4.69, 9.17) is 5.11 Å². The number of thiazole rings is 1. The summed E-state index contributed by atoms with van der Waals surface area (Å²) in [5, 5.41) is 9.85. The predicted molar refractivity (Wildman–Crippen MR) is 80.3 cm³/mol. The highest BCUT2D eigenvalue weighted by atomic mass is 32.1. The molecule has 0 aromatic carbocycles. The molecule has 5 nitrogen and oxygen atoms in total. The Labute approximate surface area is 124 Å². The van der Waals surface area contributed by atoms with Crippen LogP contribution in [0.3, 0.4) is 0 Å². The molecule has 0 spiro atoms. The Balaban J connectivity index is 1.87. The first kappa shape index (κ1) is 15.4. The highest BCUT2D eigenvalue weighted by Gasteiger charge is 2.24. The van der Waals surface area contributed by atoms with Gasteiger partial charge in [0.25, 0.3) is 0 Å². The summed E-state index contributed by atoms with van der Waals surface area (Å²) in [5.41, 5.74) is 1.20. The van der Waals surface area contributed by atoms with Crippen molar-refractivity contribution in [3.63, 3.8) is 0 Å². The van der Waals surface area contributed by atoms with Crippen LogP contribution in [0.5, 0.6) is 0 Å². The lowest BCUT2D eigenvalue weighted by atomic mass is 10.1. The molecule has 0 radical (unpaired) electrons. The van der Waals surface area contributed by atoms with Crippen molar-refractivity contribution >= 4 is 17.3 Å². The molecule has 1 atom stereocenters. The fourth-order valence-electron chi connectivity index (χ4n) is 2.73. The summed E-state index contributed by atoms with van der Waals surface area (Å²) < 4.78 is 0. The lowest BCUT2D eigenvalue weighted by molar-refractivity contribution is -0.137. The fraction of sp³-hybridized carbons (Fsp3) is 0.714. The normalized spacial score (nSPS) is 19.1. The van der Waals surface area contributed by atoms with Crippen molar-refractivity contribution < 1.29 is 9.90 Å². The Kier molecular flexibility index (Phi) is 5.12. The van der Waals surface area contributed by atoms with Gasteiger partial charge in [-0.3, -0.25) is 9.69 Å². The fourth-order valence-corrected chi connectivity index (χ4v) is 3.64. The third-order valence-electron chi connectivity index (χ3n) is 3.93. The van der Waals surface area contributed by atoms with Crippen LogP contribution >= 0.6 is 11.3 Å². The predicted octanol–water partition coefficient (Wildman–Crippen LogP) is 1.91. The number of rotatable bonds is 5. The highest BCUT2D eigenvalue weighted by molar-refractivity contribution is 7.11. The molecule has 2 rings (SSSR count). The molecule has 1 N–H and O–H groups in total. The number of aromatic nitrogens is 1. The van der Waals surface area contributed by atoms with Crippen molar-refractivity contribution in [2.24, 2.45) is 0 Å². The van der Waals surface area contributed by atoms with Gasteiger partial charge in [0.2, 0.25) is 0 Å². The van der Waals surface area contributed by atoms with Crippen molar-refractivity contribution in [2.75, 3.05) is 32.7 Å². The first-order chi connectivity index (χ1) is 9.47. The van der Waals surface area contributed by atoms with E-state index >= 15 is 0 Å². The second-order valence-electron chi connectivity index (χ2n) is 5.37. The second-order valence-corrected chi connectivity index (χ2v) is 6.78. The Hall–Kier alpha value is -0.980. The van der Waals surface area contributed by atoms with E-state index in [0.717, 1.165) is 31.2 Å². The van der Waals surface area contributed by atoms with Crippen molar-refractivity contribution in [2.45, 2.75) is 33.2 Å². The number of carboxylic acid groups (broad SMARTS) is 1. The van der Waals surface area contributed by atoms with Crippen LogP contribution in [0.15, 0.2) is 0 Å². The minimum absolute atomic E-state index is 0.236. The van der Waals surface area contributed by atoms with E-state index in [9.17, 15) is 4.79 Å². The molecule has 6 heteroatoms. The van der Waals surface area contributed by atoms with Gasteiger partial charge in [-0.2, -0.15) is 0 Å². The molecule has 112 valence electrons. The number of aryl methyl sites for hydroxylation is 2. The molecule has 1 unspecified atom stereocenters. The first-order valence-electron chi connectivity index (χ1n) is 7.09. The van der Waals surface area contributed by atoms with Crippen molar-refractivity contribution in [3.8, 4) is 0 Å². The maximum atomic E-state index is 10.6. The standard InChI is InChI=1S/C14H23N3O2S/c1-10(14-11(2)20-12(3)15-14)17-8-6-16(7-9-17)5-4-13(18)19/h10H,4-9H2,1-3H3,(H,18,19). The average Bonchev–Trinajstić information content (AvgIpc) is 2.75. The summed E-state index contributed by atoms with van der Waals surface area (Å²) in [4.78, 5) is 21.2. The maximum Gasteiger partial charge on any atom is 0.304 e. The van der Waals surface area contributed by atoms with E-state index in [1.807, 2.05) is 0 Å². The summed E-state index contributed by atoms with van der Waals surface area (Å²) >= 11 is 1.76. The van der Waals surface area contributed by atoms with Crippen LogP contribution in [0.25, 0.3) is 0 Å². The molecule has 0 bridgehead atoms. The third kappa shape index (κ3) is 3.77. The molecule has 1 aliphatic heterocycles. The van der Waals surface area contributed by atoms with Gasteiger partial charge >= 0.3 is 5.97 Å². The molecule has 1 aromatic rings. The van der Waals surface area contributed by atoms with Crippen LogP contribution in [-0.2, 0) is 4.79 Å². The van der Waals surface area contributed by atoms with Gasteiger partial charge in [0, 0.05) is 37.6 Å². The van der Waals surface area contributed by atoms with Gasteiger partial charge in [-0.1, -0.05) is 0 Å². The molecule has 1 saturated heterocycles. The third-order valence-corrected chi connectivity index (χ3v) is 4.83. The largest absolute Gasteiger partial charge is 0.481 e. The van der Waals surface area contributed by atoms with E-state index in [1.54, 1.807) is 11.3 Å². The van der Waals surface area contributed by atoms with Crippen molar-refractivity contribution in [1.29, 1.82) is 0 Å². The lowest BCUT2D eigenvalue weighted by Crippen LogP contribution is -2.47. The molecule has 1 aromatic heterocycles. The SMILES string of the molecule is Cc1nc(C(C)N2CCN(CCC(=O)O)CC2)c(C)s1. The average molecular weight is 297 g/mol. The molecule has 2 heterocycles. The first-order valence-corrected chi connectivity index (χ1v) is 7.91. The quantitative estimate of drug-likeness (QED) is 0.900. The van der Waals surface area contributed by atoms with Crippen LogP contribution in [0.1, 0.15) is 35.0 Å². The topological polar surface area (TPSA) is 56.7 Å². The molecule has 1 aliphatic rings. The molecular formula is C14H23N3O2S. The number of piperazine rings is 1. The van der Waals surface area contributed by atoms with E-state index in [1.165, 1.54) is 10.6 Å². The molecule has 0 amide bonds. The van der Waals surface area contributed by atoms with Crippen molar-refractivity contribution in [1.82, 2.24) is 14.8 Å². The van der Waals surface area contributed by atoms with Gasteiger partial charge in [-0.05, 0) is 20.8 Å². The van der Waals surface area contributed by atoms with Gasteiger partial charge in [-0.15, -0.1) is 11.3 Å². The zero-order chi connectivity index (χ0) is 14.7. The minimum atomic E-state index is -0.714. The number of nitrogens with zero attached hydrogens (tertiary/aromatic N) is 3. The van der Waals surface area contributed by atoms with Crippen LogP contribution in [0.4, 0.5) is 0 Å². The Morgan fingerprint density at radius 3 is 2.50 bits per heavy atom. The molecule has 1 fully saturated rings. The van der Waals surface area contributed by atoms with Gasteiger partial charge in [-0.25, -0.2) is 4.98 Å². The molecular weight excluding hydrogens is 274 g/mol. The van der Waals surface area contributed by atoms with E-state index in [0.29, 0.717) is 12.6 Å². The summed E-state index contributed by atoms with van der Waals surface area (Å²) in [6.45, 7) is 10.9. The Morgan fingerprint density at radius 2 is 2.00 bits per heavy atom. The van der Waals surface area contributed by atoms with E-state index in [-0.39, 0.29) is 6.42 Å². The van der Waals surface area contributed by atoms with E-state index < -0.39 is 5.97 Å². The second kappa shape index (κ2) is 6.65. The van der Waals surface area contributed by atoms with Crippen molar-refractivity contribution in [3.05, 3.63) is 15.6 Å².